The molecule has 13 rings (SSSR count). The fraction of sp³-hybridized carbons (Fsp3) is 0.490. The Hall–Kier alpha value is -7.88. The number of aromatic nitrogens is 5. The van der Waals surface area contributed by atoms with E-state index in [4.69, 9.17) is 9.98 Å². The van der Waals surface area contributed by atoms with E-state index in [1.807, 2.05) is 12.3 Å². The van der Waals surface area contributed by atoms with Crippen LogP contribution in [0.4, 0.5) is 17.1 Å². The molecule has 3 aliphatic heterocycles. The minimum absolute atomic E-state index is 0.458. The quantitative estimate of drug-likeness (QED) is 0.107. The van der Waals surface area contributed by atoms with Gasteiger partial charge in [0.2, 0.25) is 0 Å². The maximum atomic E-state index is 4.71. The van der Waals surface area contributed by atoms with E-state index < -0.39 is 0 Å². The number of para-hydroxylation sites is 1. The minimum Gasteiger partial charge on any atom is -0.358 e. The summed E-state index contributed by atoms with van der Waals surface area (Å²) in [6, 6.07) is 50.5. The van der Waals surface area contributed by atoms with Gasteiger partial charge in [0.15, 0.2) is 0 Å². The van der Waals surface area contributed by atoms with Gasteiger partial charge in [0.25, 0.3) is 0 Å². The Balaban J connectivity index is 0.000000192. The summed E-state index contributed by atoms with van der Waals surface area (Å²) in [4.78, 5) is 34.3. The first-order valence-corrected chi connectivity index (χ1v) is 41.5. The Morgan fingerprint density at radius 1 is 0.299 bits per heavy atom. The third-order valence-corrected chi connectivity index (χ3v) is 21.3. The fourth-order valence-electron chi connectivity index (χ4n) is 12.0. The first-order valence-electron chi connectivity index (χ1n) is 40.6. The summed E-state index contributed by atoms with van der Waals surface area (Å²) in [7, 11) is 0. The molecule has 0 spiro atoms. The highest BCUT2D eigenvalue weighted by Gasteiger charge is 2.21. The highest BCUT2D eigenvalue weighted by atomic mass is 32.1. The molecule has 2 N–H and O–H groups in total. The standard InChI is InChI=1S/3C14H19N.C13H18N2.C12H18.C11H13N.C11H17N.C9H15NS/c3*1-9(2)11-5-6-12-8-13(10(3)4)15-14(12)7-11;1-8(2)10-5-6-11-12(7-10)15-13(14-11)9(3)4;1-9(2)11-5-7-12(8-6-11)10(3)4;1-8(2)11-7-9-5-3-4-6-10(9)12-11;1-8(2)10-5-6-11(9(3)4)12-7-10;1-6(2)8-5-11-9(10-8)7(3)4/h2*5-7,9-10H,8H2,1-4H3;5-10,15H,1-4H3;5-9H,1-4H3,(H,14,15);5-10H,1-4H3;3-6,8H,7H2,1-2H3;5-9H,1-4H3;5-7H,1-4H3. The largest absolute Gasteiger partial charge is 0.358 e. The maximum Gasteiger partial charge on any atom is 0.109 e. The molecule has 3 aliphatic rings. The van der Waals surface area contributed by atoms with E-state index in [0.717, 1.165) is 36.1 Å². The van der Waals surface area contributed by atoms with E-state index in [0.29, 0.717) is 88.8 Å². The number of rotatable bonds is 15. The molecule has 10 aromatic rings. The van der Waals surface area contributed by atoms with Crippen molar-refractivity contribution < 1.29 is 0 Å². The van der Waals surface area contributed by atoms with Crippen LogP contribution in [-0.4, -0.2) is 42.1 Å². The number of fused-ring (bicyclic) bond motifs is 5. The molecule has 0 saturated carbocycles. The van der Waals surface area contributed by atoms with Gasteiger partial charge in [-0.25, -0.2) is 9.97 Å². The van der Waals surface area contributed by atoms with Crippen LogP contribution in [0, 0.1) is 17.8 Å². The molecular formula is C98H138N8S. The number of hydrogen-bond donors (Lipinski definition) is 2. The first kappa shape index (κ1) is 88.0. The van der Waals surface area contributed by atoms with Crippen molar-refractivity contribution in [2.45, 2.75) is 298 Å². The fourth-order valence-corrected chi connectivity index (χ4v) is 13.0. The first-order chi connectivity index (χ1) is 50.4. The number of pyridine rings is 1. The van der Waals surface area contributed by atoms with Gasteiger partial charge in [-0.3, -0.25) is 20.0 Å². The van der Waals surface area contributed by atoms with Crippen LogP contribution >= 0.6 is 11.3 Å². The summed E-state index contributed by atoms with van der Waals surface area (Å²) in [6.45, 7) is 66.1. The smallest absolute Gasteiger partial charge is 0.109 e. The van der Waals surface area contributed by atoms with Gasteiger partial charge in [-0.1, -0.05) is 299 Å². The number of imidazole rings is 1. The van der Waals surface area contributed by atoms with Gasteiger partial charge in [0.1, 0.15) is 5.82 Å². The number of aliphatic imine (C=N–C) groups is 3. The molecule has 107 heavy (non-hydrogen) atoms. The number of benzene rings is 6. The Labute approximate surface area is 653 Å². The molecule has 0 amide bonds. The van der Waals surface area contributed by atoms with Crippen LogP contribution in [0.25, 0.3) is 21.9 Å². The molecule has 576 valence electrons. The zero-order valence-corrected chi connectivity index (χ0v) is 72.6. The van der Waals surface area contributed by atoms with Gasteiger partial charge in [-0.05, 0) is 186 Å². The Morgan fingerprint density at radius 2 is 0.701 bits per heavy atom. The lowest BCUT2D eigenvalue weighted by Gasteiger charge is -2.08. The van der Waals surface area contributed by atoms with E-state index >= 15 is 0 Å². The van der Waals surface area contributed by atoms with Crippen molar-refractivity contribution in [3.8, 4) is 0 Å². The predicted molar refractivity (Wildman–Crippen MR) is 472 cm³/mol. The van der Waals surface area contributed by atoms with Crippen LogP contribution in [0.15, 0.2) is 166 Å². The van der Waals surface area contributed by atoms with E-state index in [2.05, 4.69) is 376 Å². The van der Waals surface area contributed by atoms with E-state index in [-0.39, 0.29) is 0 Å². The van der Waals surface area contributed by atoms with Crippen molar-refractivity contribution in [1.82, 2.24) is 24.9 Å². The van der Waals surface area contributed by atoms with Crippen LogP contribution in [0.5, 0.6) is 0 Å². The van der Waals surface area contributed by atoms with Crippen molar-refractivity contribution in [1.29, 1.82) is 0 Å². The second-order valence-electron chi connectivity index (χ2n) is 34.3. The average Bonchev–Trinajstić information content (AvgIpc) is 1.71. The third-order valence-electron chi connectivity index (χ3n) is 20.1. The van der Waals surface area contributed by atoms with Gasteiger partial charge < -0.3 is 9.97 Å². The van der Waals surface area contributed by atoms with Gasteiger partial charge in [-0.15, -0.1) is 11.3 Å². The second kappa shape index (κ2) is 41.6. The Kier molecular flexibility index (Phi) is 34.2. The van der Waals surface area contributed by atoms with Crippen molar-refractivity contribution in [2.24, 2.45) is 32.7 Å². The summed E-state index contributed by atoms with van der Waals surface area (Å²) in [6.07, 6.45) is 5.13. The number of nitrogens with zero attached hydrogens (tertiary/aromatic N) is 6. The SMILES string of the molecule is CC(C)C1=Nc2cc(C(C)C)ccc2C1.CC(C)C1=Nc2cc(C(C)C)ccc2C1.CC(C)C1=Nc2ccccc2C1.CC(C)c1ccc(C(C)C)cc1.CC(C)c1ccc(C(C)C)nc1.CC(C)c1ccc2cc(C(C)C)[nH]c2c1.CC(C)c1ccc2nc(C(C)C)[nH]c2c1.CC(C)c1csc(C(C)C)n1. The molecule has 0 radical (unpaired) electrons. The molecule has 0 atom stereocenters. The summed E-state index contributed by atoms with van der Waals surface area (Å²) in [5.41, 5.74) is 28.7. The topological polar surface area (TPSA) is 107 Å². The number of thiazole rings is 1. The molecule has 4 aromatic heterocycles. The van der Waals surface area contributed by atoms with Gasteiger partial charge in [0.05, 0.1) is 38.8 Å². The van der Waals surface area contributed by atoms with E-state index in [9.17, 15) is 0 Å². The average molecular weight is 1460 g/mol. The van der Waals surface area contributed by atoms with Crippen molar-refractivity contribution in [2.75, 3.05) is 0 Å². The minimum atomic E-state index is 0.458. The summed E-state index contributed by atoms with van der Waals surface area (Å²) in [5, 5.41) is 4.75. The molecule has 8 nitrogen and oxygen atoms in total. The predicted octanol–water partition coefficient (Wildman–Crippen LogP) is 30.0. The molecule has 0 aliphatic carbocycles. The summed E-state index contributed by atoms with van der Waals surface area (Å²) >= 11 is 1.77. The highest BCUT2D eigenvalue weighted by Crippen LogP contribution is 2.35. The molecule has 6 aromatic carbocycles. The zero-order chi connectivity index (χ0) is 79.3. The molecular weight excluding hydrogens is 1320 g/mol. The molecule has 0 saturated heterocycles. The number of aromatic amines is 2. The lowest BCUT2D eigenvalue weighted by Crippen LogP contribution is -2.06. The van der Waals surface area contributed by atoms with E-state index in [1.54, 1.807) is 11.3 Å². The Morgan fingerprint density at radius 3 is 1.08 bits per heavy atom. The molecule has 9 heteroatoms. The maximum absolute atomic E-state index is 4.71. The highest BCUT2D eigenvalue weighted by molar-refractivity contribution is 7.09. The van der Waals surface area contributed by atoms with Gasteiger partial charge in [-0.2, -0.15) is 0 Å². The normalized spacial score (nSPS) is 12.8. The van der Waals surface area contributed by atoms with Crippen LogP contribution in [0.1, 0.15) is 362 Å². The second-order valence-corrected chi connectivity index (χ2v) is 35.2. The van der Waals surface area contributed by atoms with Crippen LogP contribution < -0.4 is 0 Å². The van der Waals surface area contributed by atoms with Crippen molar-refractivity contribution in [3.05, 3.63) is 235 Å². The lowest BCUT2D eigenvalue weighted by molar-refractivity contribution is 0.793. The summed E-state index contributed by atoms with van der Waals surface area (Å²) in [5.74, 6) is 9.72. The molecule has 0 fully saturated rings. The number of H-pyrrole nitrogens is 2. The monoisotopic (exact) mass is 1460 g/mol. The van der Waals surface area contributed by atoms with Gasteiger partial charge in [0, 0.05) is 76.7 Å². The summed E-state index contributed by atoms with van der Waals surface area (Å²) < 4.78 is 0. The molecule has 7 heterocycles. The number of nitrogens with one attached hydrogen (secondary N) is 2. The van der Waals surface area contributed by atoms with Crippen LogP contribution in [0.3, 0.4) is 0 Å². The van der Waals surface area contributed by atoms with Crippen LogP contribution in [-0.2, 0) is 19.3 Å². The Bertz CT molecular complexity index is 4120. The molecule has 0 bridgehead atoms. The molecule has 0 unspecified atom stereocenters. The van der Waals surface area contributed by atoms with Crippen molar-refractivity contribution in [3.63, 3.8) is 0 Å². The zero-order valence-electron chi connectivity index (χ0n) is 71.8. The number of hydrogen-bond acceptors (Lipinski definition) is 7. The third kappa shape index (κ3) is 26.7. The van der Waals surface area contributed by atoms with E-state index in [1.165, 1.54) is 123 Å². The lowest BCUT2D eigenvalue weighted by atomic mass is 9.97. The van der Waals surface area contributed by atoms with Crippen molar-refractivity contribution >= 4 is 67.5 Å². The van der Waals surface area contributed by atoms with Gasteiger partial charge >= 0.3 is 0 Å². The van der Waals surface area contributed by atoms with Crippen LogP contribution in [0.2, 0.25) is 0 Å².